The monoisotopic (exact) mass is 266 g/mol. The van der Waals surface area contributed by atoms with Gasteiger partial charge in [0, 0.05) is 0 Å². The molecule has 0 heterocycles. The van der Waals surface area contributed by atoms with Crippen LogP contribution >= 0.6 is 23.2 Å². The molecule has 0 aromatic heterocycles. The van der Waals surface area contributed by atoms with E-state index in [0.717, 1.165) is 0 Å². The van der Waals surface area contributed by atoms with Crippen molar-refractivity contribution in [1.29, 1.82) is 0 Å². The summed E-state index contributed by atoms with van der Waals surface area (Å²) in [6.07, 6.45) is -6.63. The van der Waals surface area contributed by atoms with E-state index in [9.17, 15) is 18.0 Å². The molecule has 0 spiro atoms. The van der Waals surface area contributed by atoms with E-state index in [1.165, 1.54) is 0 Å². The number of carbonyl (C=O) groups excluding carboxylic acids is 1. The van der Waals surface area contributed by atoms with Crippen LogP contribution in [0.15, 0.2) is 0 Å². The lowest BCUT2D eigenvalue weighted by molar-refractivity contribution is -0.214. The number of hydrogen-bond acceptors (Lipinski definition) is 3. The van der Waals surface area contributed by atoms with Crippen LogP contribution in [0.25, 0.3) is 0 Å². The average molecular weight is 267 g/mol. The second-order valence-corrected chi connectivity index (χ2v) is 4.57. The predicted molar refractivity (Wildman–Crippen MR) is 45.3 cm³/mol. The Kier molecular flexibility index (Phi) is 3.42. The van der Waals surface area contributed by atoms with Crippen LogP contribution in [0.3, 0.4) is 0 Å². The molecule has 3 nitrogen and oxygen atoms in total. The SMILES string of the molecule is O=C(OC(O)C(Cl)(Cl)C(F)(F)F)C1CC1. The highest BCUT2D eigenvalue weighted by Crippen LogP contribution is 2.43. The van der Waals surface area contributed by atoms with Crippen molar-refractivity contribution in [3.05, 3.63) is 0 Å². The van der Waals surface area contributed by atoms with Crippen LogP contribution < -0.4 is 0 Å². The molecule has 1 aliphatic carbocycles. The van der Waals surface area contributed by atoms with E-state index < -0.39 is 28.7 Å². The number of aliphatic hydroxyl groups excluding tert-OH is 1. The Morgan fingerprint density at radius 1 is 1.40 bits per heavy atom. The fourth-order valence-corrected chi connectivity index (χ4v) is 0.828. The van der Waals surface area contributed by atoms with Crippen molar-refractivity contribution >= 4 is 29.2 Å². The maximum Gasteiger partial charge on any atom is 0.427 e. The smallest absolute Gasteiger partial charge is 0.427 e. The molecule has 0 aromatic carbocycles. The molecule has 0 saturated heterocycles. The zero-order chi connectivity index (χ0) is 11.9. The van der Waals surface area contributed by atoms with E-state index in [0.29, 0.717) is 12.8 Å². The third-order valence-electron chi connectivity index (χ3n) is 1.83. The van der Waals surface area contributed by atoms with Gasteiger partial charge in [0.2, 0.25) is 6.29 Å². The van der Waals surface area contributed by atoms with Gasteiger partial charge in [0.25, 0.3) is 4.33 Å². The van der Waals surface area contributed by atoms with Gasteiger partial charge in [-0.05, 0) is 12.8 Å². The lowest BCUT2D eigenvalue weighted by Gasteiger charge is -2.27. The van der Waals surface area contributed by atoms with Crippen molar-refractivity contribution in [3.63, 3.8) is 0 Å². The summed E-state index contributed by atoms with van der Waals surface area (Å²) in [6, 6.07) is 0. The van der Waals surface area contributed by atoms with Crippen molar-refractivity contribution in [2.75, 3.05) is 0 Å². The fraction of sp³-hybridized carbons (Fsp3) is 0.857. The first kappa shape index (κ1) is 12.9. The molecule has 1 saturated carbocycles. The molecule has 1 atom stereocenters. The van der Waals surface area contributed by atoms with Crippen LogP contribution in [0.5, 0.6) is 0 Å². The number of alkyl halides is 5. The molecular formula is C7H7Cl2F3O3. The lowest BCUT2D eigenvalue weighted by atomic mass is 10.3. The highest BCUT2D eigenvalue weighted by Gasteiger charge is 2.60. The van der Waals surface area contributed by atoms with E-state index in [4.69, 9.17) is 28.3 Å². The number of ether oxygens (including phenoxy) is 1. The van der Waals surface area contributed by atoms with Crippen molar-refractivity contribution in [2.24, 2.45) is 5.92 Å². The van der Waals surface area contributed by atoms with Crippen LogP contribution in [-0.4, -0.2) is 27.9 Å². The Balaban J connectivity index is 2.58. The molecule has 0 amide bonds. The van der Waals surface area contributed by atoms with Crippen LogP contribution in [0.1, 0.15) is 12.8 Å². The third kappa shape index (κ3) is 2.89. The first-order chi connectivity index (χ1) is 6.66. The number of halogens is 5. The molecule has 0 bridgehead atoms. The van der Waals surface area contributed by atoms with Crippen molar-refractivity contribution in [2.45, 2.75) is 29.6 Å². The van der Waals surface area contributed by atoms with E-state index in [-0.39, 0.29) is 0 Å². The van der Waals surface area contributed by atoms with Gasteiger partial charge in [0.15, 0.2) is 0 Å². The molecule has 1 aliphatic rings. The quantitative estimate of drug-likeness (QED) is 0.483. The van der Waals surface area contributed by atoms with Gasteiger partial charge in [-0.2, -0.15) is 13.2 Å². The highest BCUT2D eigenvalue weighted by molar-refractivity contribution is 6.49. The summed E-state index contributed by atoms with van der Waals surface area (Å²) >= 11 is 9.69. The van der Waals surface area contributed by atoms with Crippen LogP contribution in [0.4, 0.5) is 13.2 Å². The van der Waals surface area contributed by atoms with E-state index in [2.05, 4.69) is 4.74 Å². The van der Waals surface area contributed by atoms with Gasteiger partial charge in [-0.15, -0.1) is 0 Å². The molecule has 1 rings (SSSR count). The minimum Gasteiger partial charge on any atom is -0.432 e. The summed E-state index contributed by atoms with van der Waals surface area (Å²) in [5.74, 6) is -1.37. The van der Waals surface area contributed by atoms with Crippen LogP contribution in [0.2, 0.25) is 0 Å². The van der Waals surface area contributed by atoms with Crippen molar-refractivity contribution in [3.8, 4) is 0 Å². The highest BCUT2D eigenvalue weighted by atomic mass is 35.5. The summed E-state index contributed by atoms with van der Waals surface area (Å²) in [6.45, 7) is 0. The number of rotatable bonds is 3. The molecule has 0 aromatic rings. The Hall–Kier alpha value is -0.200. The van der Waals surface area contributed by atoms with E-state index in [1.807, 2.05) is 0 Å². The molecule has 0 radical (unpaired) electrons. The fourth-order valence-electron chi connectivity index (χ4n) is 0.739. The average Bonchev–Trinajstić information content (AvgIpc) is 2.83. The van der Waals surface area contributed by atoms with Crippen LogP contribution in [-0.2, 0) is 9.53 Å². The number of esters is 1. The summed E-state index contributed by atoms with van der Waals surface area (Å²) in [5, 5.41) is 8.93. The Morgan fingerprint density at radius 2 is 1.87 bits per heavy atom. The second kappa shape index (κ2) is 3.99. The Morgan fingerprint density at radius 3 is 2.20 bits per heavy atom. The van der Waals surface area contributed by atoms with Gasteiger partial charge < -0.3 is 9.84 Å². The summed E-state index contributed by atoms with van der Waals surface area (Å²) in [4.78, 5) is 10.9. The van der Waals surface area contributed by atoms with Gasteiger partial charge in [-0.1, -0.05) is 23.2 Å². The summed E-state index contributed by atoms with van der Waals surface area (Å²) < 4.78 is 37.0. The van der Waals surface area contributed by atoms with Gasteiger partial charge in [-0.3, -0.25) is 4.79 Å². The standard InChI is InChI=1S/C7H7Cl2F3O3/c8-6(9,7(10,11)12)5(14)15-4(13)3-1-2-3/h3,5,14H,1-2H2. The molecule has 8 heteroatoms. The lowest BCUT2D eigenvalue weighted by Crippen LogP contribution is -2.47. The minimum absolute atomic E-state index is 0.447. The maximum atomic E-state index is 12.1. The van der Waals surface area contributed by atoms with Gasteiger partial charge in [0.05, 0.1) is 5.92 Å². The zero-order valence-electron chi connectivity index (χ0n) is 7.22. The molecule has 1 N–H and O–H groups in total. The molecule has 1 unspecified atom stereocenters. The first-order valence-electron chi connectivity index (χ1n) is 3.99. The molecule has 0 aliphatic heterocycles. The van der Waals surface area contributed by atoms with Crippen molar-refractivity contribution < 1.29 is 27.8 Å². The first-order valence-corrected chi connectivity index (χ1v) is 4.75. The molecule has 1 fully saturated rings. The Labute approximate surface area is 93.1 Å². The normalized spacial score (nSPS) is 19.9. The number of carbonyl (C=O) groups is 1. The van der Waals surface area contributed by atoms with Crippen LogP contribution in [0, 0.1) is 5.92 Å². The summed E-state index contributed by atoms with van der Waals surface area (Å²) in [7, 11) is 0. The van der Waals surface area contributed by atoms with Gasteiger partial charge in [0.1, 0.15) is 0 Å². The topological polar surface area (TPSA) is 46.5 Å². The predicted octanol–water partition coefficient (Wildman–Crippen LogP) is 1.99. The molecule has 15 heavy (non-hydrogen) atoms. The Bertz CT molecular complexity index is 263. The maximum absolute atomic E-state index is 12.1. The largest absolute Gasteiger partial charge is 0.432 e. The second-order valence-electron chi connectivity index (χ2n) is 3.18. The summed E-state index contributed by atoms with van der Waals surface area (Å²) in [5.41, 5.74) is 0. The van der Waals surface area contributed by atoms with Gasteiger partial charge >= 0.3 is 12.1 Å². The molecular weight excluding hydrogens is 260 g/mol. The number of hydrogen-bond donors (Lipinski definition) is 1. The molecule has 88 valence electrons. The van der Waals surface area contributed by atoms with E-state index >= 15 is 0 Å². The zero-order valence-corrected chi connectivity index (χ0v) is 8.73. The van der Waals surface area contributed by atoms with Crippen molar-refractivity contribution in [1.82, 2.24) is 0 Å². The third-order valence-corrected chi connectivity index (χ3v) is 2.63. The number of aliphatic hydroxyl groups is 1. The minimum atomic E-state index is -5.08. The van der Waals surface area contributed by atoms with Gasteiger partial charge in [-0.25, -0.2) is 0 Å². The van der Waals surface area contributed by atoms with E-state index in [1.54, 1.807) is 0 Å².